The maximum absolute atomic E-state index is 10.7. The quantitative estimate of drug-likeness (QED) is 0.442. The van der Waals surface area contributed by atoms with Crippen molar-refractivity contribution in [1.29, 1.82) is 0 Å². The van der Waals surface area contributed by atoms with Crippen LogP contribution in [0.15, 0.2) is 33.9 Å². The van der Waals surface area contributed by atoms with E-state index < -0.39 is 0 Å². The van der Waals surface area contributed by atoms with E-state index in [4.69, 9.17) is 0 Å². The molecule has 0 bridgehead atoms. The van der Waals surface area contributed by atoms with E-state index in [1.54, 1.807) is 6.08 Å². The van der Waals surface area contributed by atoms with Crippen LogP contribution in [0.25, 0.3) is 0 Å². The van der Waals surface area contributed by atoms with Crippen LogP contribution in [0.3, 0.4) is 0 Å². The fraction of sp³-hybridized carbons (Fsp3) is 0. The molecule has 2 aliphatic rings. The molecule has 1 aliphatic carbocycles. The van der Waals surface area contributed by atoms with Crippen LogP contribution in [0.5, 0.6) is 0 Å². The third kappa shape index (κ3) is 0.639. The van der Waals surface area contributed by atoms with E-state index in [0.717, 1.165) is 5.71 Å². The van der Waals surface area contributed by atoms with Crippen molar-refractivity contribution in [3.8, 4) is 0 Å². The number of hydrogen-bond donors (Lipinski definition) is 0. The molecular formula is C7H4N2O. The Morgan fingerprint density at radius 2 is 2.20 bits per heavy atom. The molecule has 0 atom stereocenters. The Bertz CT molecular complexity index is 308. The van der Waals surface area contributed by atoms with Gasteiger partial charge in [-0.2, -0.15) is 0 Å². The fourth-order valence-corrected chi connectivity index (χ4v) is 0.869. The number of carbonyl (C=O) groups is 1. The molecule has 1 aliphatic heterocycles. The van der Waals surface area contributed by atoms with Crippen LogP contribution in [0.2, 0.25) is 0 Å². The minimum absolute atomic E-state index is 0.0204. The SMILES string of the molecule is O=C1C=CC2=NC=NC2=C1. The third-order valence-corrected chi connectivity index (χ3v) is 1.34. The standard InChI is InChI=1S/C7H4N2O/c10-5-1-2-6-7(3-5)9-4-8-6/h1-4H. The lowest BCUT2D eigenvalue weighted by atomic mass is 10.1. The van der Waals surface area contributed by atoms with Gasteiger partial charge in [-0.15, -0.1) is 0 Å². The van der Waals surface area contributed by atoms with Crippen LogP contribution < -0.4 is 0 Å². The summed E-state index contributed by atoms with van der Waals surface area (Å²) in [5.74, 6) is -0.0204. The molecule has 0 saturated heterocycles. The van der Waals surface area contributed by atoms with E-state index in [0.29, 0.717) is 5.70 Å². The lowest BCUT2D eigenvalue weighted by molar-refractivity contribution is -0.110. The second kappa shape index (κ2) is 1.73. The lowest BCUT2D eigenvalue weighted by Crippen LogP contribution is -2.02. The summed E-state index contributed by atoms with van der Waals surface area (Å²) in [5.41, 5.74) is 1.45. The number of rotatable bonds is 0. The smallest absolute Gasteiger partial charge is 0.180 e. The van der Waals surface area contributed by atoms with E-state index in [2.05, 4.69) is 9.98 Å². The molecule has 0 N–H and O–H groups in total. The Kier molecular flexibility index (Phi) is 0.917. The third-order valence-electron chi connectivity index (χ3n) is 1.34. The molecule has 0 fully saturated rings. The molecular weight excluding hydrogens is 128 g/mol. The Morgan fingerprint density at radius 1 is 1.30 bits per heavy atom. The predicted molar refractivity (Wildman–Crippen MR) is 38.2 cm³/mol. The topological polar surface area (TPSA) is 41.8 Å². The summed E-state index contributed by atoms with van der Waals surface area (Å²) in [7, 11) is 0. The summed E-state index contributed by atoms with van der Waals surface area (Å²) in [6, 6.07) is 0. The van der Waals surface area contributed by atoms with Gasteiger partial charge in [0, 0.05) is 6.08 Å². The van der Waals surface area contributed by atoms with Crippen molar-refractivity contribution in [2.24, 2.45) is 9.98 Å². The molecule has 48 valence electrons. The van der Waals surface area contributed by atoms with Gasteiger partial charge in [-0.3, -0.25) is 4.79 Å². The van der Waals surface area contributed by atoms with Crippen LogP contribution >= 0.6 is 0 Å². The van der Waals surface area contributed by atoms with Gasteiger partial charge in [0.15, 0.2) is 5.78 Å². The average Bonchev–Trinajstić information content (AvgIpc) is 2.33. The van der Waals surface area contributed by atoms with Crippen molar-refractivity contribution < 1.29 is 4.79 Å². The Balaban J connectivity index is 2.51. The number of fused-ring (bicyclic) bond motifs is 1. The van der Waals surface area contributed by atoms with Crippen LogP contribution in [0, 0.1) is 0 Å². The number of nitrogens with zero attached hydrogens (tertiary/aromatic N) is 2. The monoisotopic (exact) mass is 132 g/mol. The zero-order valence-electron chi connectivity index (χ0n) is 5.11. The first-order valence-electron chi connectivity index (χ1n) is 2.91. The summed E-state index contributed by atoms with van der Waals surface area (Å²) in [6.45, 7) is 0. The van der Waals surface area contributed by atoms with Gasteiger partial charge < -0.3 is 0 Å². The van der Waals surface area contributed by atoms with Gasteiger partial charge in [0.05, 0.1) is 11.4 Å². The summed E-state index contributed by atoms with van der Waals surface area (Å²) in [5, 5.41) is 0. The molecule has 0 aromatic heterocycles. The Morgan fingerprint density at radius 3 is 3.10 bits per heavy atom. The van der Waals surface area contributed by atoms with Crippen LogP contribution in [0.4, 0.5) is 0 Å². The van der Waals surface area contributed by atoms with Gasteiger partial charge in [-0.05, 0) is 12.2 Å². The molecule has 0 saturated carbocycles. The van der Waals surface area contributed by atoms with Crippen molar-refractivity contribution >= 4 is 17.8 Å². The highest BCUT2D eigenvalue weighted by atomic mass is 16.1. The van der Waals surface area contributed by atoms with E-state index in [-0.39, 0.29) is 5.78 Å². The Hall–Kier alpha value is -1.51. The highest BCUT2D eigenvalue weighted by molar-refractivity contribution is 6.22. The highest BCUT2D eigenvalue weighted by Crippen LogP contribution is 2.11. The highest BCUT2D eigenvalue weighted by Gasteiger charge is 2.12. The van der Waals surface area contributed by atoms with Gasteiger partial charge in [-0.25, -0.2) is 9.98 Å². The van der Waals surface area contributed by atoms with Crippen LogP contribution in [-0.2, 0) is 4.79 Å². The molecule has 0 aromatic carbocycles. The van der Waals surface area contributed by atoms with Crippen molar-refractivity contribution in [3.05, 3.63) is 23.9 Å². The largest absolute Gasteiger partial charge is 0.290 e. The minimum Gasteiger partial charge on any atom is -0.290 e. The molecule has 0 spiro atoms. The second-order valence-electron chi connectivity index (χ2n) is 2.02. The predicted octanol–water partition coefficient (Wildman–Crippen LogP) is 0.492. The maximum Gasteiger partial charge on any atom is 0.180 e. The molecule has 0 aromatic rings. The zero-order chi connectivity index (χ0) is 6.97. The first-order valence-corrected chi connectivity index (χ1v) is 2.91. The van der Waals surface area contributed by atoms with E-state index in [1.807, 2.05) is 0 Å². The fourth-order valence-electron chi connectivity index (χ4n) is 0.869. The van der Waals surface area contributed by atoms with Gasteiger partial charge in [-0.1, -0.05) is 0 Å². The zero-order valence-corrected chi connectivity index (χ0v) is 5.11. The molecule has 2 rings (SSSR count). The second-order valence-corrected chi connectivity index (χ2v) is 2.02. The molecule has 0 radical (unpaired) electrons. The molecule has 0 unspecified atom stereocenters. The van der Waals surface area contributed by atoms with E-state index >= 15 is 0 Å². The summed E-state index contributed by atoms with van der Waals surface area (Å²) in [6.07, 6.45) is 6.08. The van der Waals surface area contributed by atoms with Gasteiger partial charge in [0.2, 0.25) is 0 Å². The first-order chi connectivity index (χ1) is 4.86. The van der Waals surface area contributed by atoms with Crippen LogP contribution in [0.1, 0.15) is 0 Å². The van der Waals surface area contributed by atoms with E-state index in [9.17, 15) is 4.79 Å². The number of aliphatic imine (C=N–C) groups is 2. The number of hydrogen-bond acceptors (Lipinski definition) is 3. The normalized spacial score (nSPS) is 20.6. The lowest BCUT2D eigenvalue weighted by Gasteiger charge is -1.97. The van der Waals surface area contributed by atoms with Gasteiger partial charge in [0.1, 0.15) is 6.34 Å². The molecule has 3 heteroatoms. The van der Waals surface area contributed by atoms with E-state index in [1.165, 1.54) is 18.5 Å². The first kappa shape index (κ1) is 5.29. The van der Waals surface area contributed by atoms with Crippen LogP contribution in [-0.4, -0.2) is 17.8 Å². The van der Waals surface area contributed by atoms with Crippen molar-refractivity contribution in [2.75, 3.05) is 0 Å². The van der Waals surface area contributed by atoms with Crippen molar-refractivity contribution in [2.45, 2.75) is 0 Å². The van der Waals surface area contributed by atoms with Gasteiger partial charge in [0.25, 0.3) is 0 Å². The number of ketones is 1. The number of carbonyl (C=O) groups excluding carboxylic acids is 1. The summed E-state index contributed by atoms with van der Waals surface area (Å²) in [4.78, 5) is 18.5. The summed E-state index contributed by atoms with van der Waals surface area (Å²) < 4.78 is 0. The van der Waals surface area contributed by atoms with Gasteiger partial charge >= 0.3 is 0 Å². The minimum atomic E-state index is -0.0204. The molecule has 0 amide bonds. The van der Waals surface area contributed by atoms with Crippen molar-refractivity contribution in [3.63, 3.8) is 0 Å². The molecule has 3 nitrogen and oxygen atoms in total. The molecule has 1 heterocycles. The number of allylic oxidation sites excluding steroid dienone is 3. The summed E-state index contributed by atoms with van der Waals surface area (Å²) >= 11 is 0. The van der Waals surface area contributed by atoms with Crippen molar-refractivity contribution in [1.82, 2.24) is 0 Å². The maximum atomic E-state index is 10.7. The average molecular weight is 132 g/mol. The molecule has 10 heavy (non-hydrogen) atoms. The Labute approximate surface area is 57.5 Å².